The molecule has 0 atom stereocenters. The van der Waals surface area contributed by atoms with E-state index >= 15 is 0 Å². The Kier molecular flexibility index (Phi) is 7.48. The number of esters is 1. The van der Waals surface area contributed by atoms with Gasteiger partial charge in [-0.15, -0.1) is 21.6 Å². The maximum atomic E-state index is 13.2. The number of amides is 1. The van der Waals surface area contributed by atoms with Crippen LogP contribution in [0.15, 0.2) is 64.8 Å². The number of aryl methyl sites for hydroxylation is 1. The van der Waals surface area contributed by atoms with Crippen molar-refractivity contribution in [3.63, 3.8) is 0 Å². The molecule has 0 radical (unpaired) electrons. The van der Waals surface area contributed by atoms with E-state index in [4.69, 9.17) is 4.74 Å². The van der Waals surface area contributed by atoms with E-state index in [2.05, 4.69) is 15.5 Å². The number of benzene rings is 3. The van der Waals surface area contributed by atoms with Gasteiger partial charge in [0.05, 0.1) is 18.8 Å². The third kappa shape index (κ3) is 5.03. The summed E-state index contributed by atoms with van der Waals surface area (Å²) in [6.07, 6.45) is 3.72. The average Bonchev–Trinajstić information content (AvgIpc) is 3.31. The molecule has 3 N–H and O–H groups in total. The molecule has 1 amide bonds. The van der Waals surface area contributed by atoms with Crippen molar-refractivity contribution in [3.05, 3.63) is 81.7 Å². The van der Waals surface area contributed by atoms with Crippen LogP contribution in [0.25, 0.3) is 10.8 Å². The molecule has 8 nitrogen and oxygen atoms in total. The summed E-state index contributed by atoms with van der Waals surface area (Å²) in [6, 6.07) is 15.6. The number of aliphatic hydroxyl groups is 1. The molecule has 38 heavy (non-hydrogen) atoms. The minimum absolute atomic E-state index is 0.0416. The van der Waals surface area contributed by atoms with Crippen molar-refractivity contribution < 1.29 is 24.5 Å². The predicted molar refractivity (Wildman–Crippen MR) is 147 cm³/mol. The normalized spacial score (nSPS) is 13.0. The van der Waals surface area contributed by atoms with Crippen LogP contribution in [0.5, 0.6) is 5.75 Å². The van der Waals surface area contributed by atoms with Gasteiger partial charge in [-0.1, -0.05) is 36.4 Å². The van der Waals surface area contributed by atoms with E-state index in [1.54, 1.807) is 43.3 Å². The molecule has 1 aliphatic carbocycles. The largest absolute Gasteiger partial charge is 0.505 e. The van der Waals surface area contributed by atoms with Crippen LogP contribution >= 0.6 is 11.3 Å². The first kappa shape index (κ1) is 25.6. The highest BCUT2D eigenvalue weighted by atomic mass is 32.1. The first-order valence-corrected chi connectivity index (χ1v) is 13.3. The fourth-order valence-electron chi connectivity index (χ4n) is 4.61. The smallest absolute Gasteiger partial charge is 0.341 e. The van der Waals surface area contributed by atoms with Crippen molar-refractivity contribution in [3.8, 4) is 5.75 Å². The van der Waals surface area contributed by atoms with E-state index in [1.807, 2.05) is 18.2 Å². The lowest BCUT2D eigenvalue weighted by Crippen LogP contribution is -2.12. The molecule has 9 heteroatoms. The van der Waals surface area contributed by atoms with Crippen LogP contribution in [0.1, 0.15) is 56.5 Å². The number of hydrogen-bond acceptors (Lipinski definition) is 8. The second-order valence-electron chi connectivity index (χ2n) is 8.96. The molecule has 0 saturated heterocycles. The zero-order valence-electron chi connectivity index (χ0n) is 20.9. The van der Waals surface area contributed by atoms with Gasteiger partial charge in [0.2, 0.25) is 0 Å². The van der Waals surface area contributed by atoms with E-state index < -0.39 is 11.9 Å². The van der Waals surface area contributed by atoms with E-state index in [1.165, 1.54) is 11.3 Å². The highest BCUT2D eigenvalue weighted by molar-refractivity contribution is 7.16. The summed E-state index contributed by atoms with van der Waals surface area (Å²) in [5, 5.41) is 33.8. The Hall–Kier alpha value is -4.08. The Morgan fingerprint density at radius 2 is 1.82 bits per heavy atom. The second-order valence-corrected chi connectivity index (χ2v) is 10.0. The molecule has 194 valence electrons. The van der Waals surface area contributed by atoms with Crippen LogP contribution in [0, 0.1) is 0 Å². The lowest BCUT2D eigenvalue weighted by Gasteiger charge is -2.12. The fourth-order valence-corrected chi connectivity index (χ4v) is 5.81. The number of rotatable bonds is 7. The molecule has 0 unspecified atom stereocenters. The van der Waals surface area contributed by atoms with E-state index in [0.717, 1.165) is 41.7 Å². The molecule has 1 aliphatic rings. The van der Waals surface area contributed by atoms with Gasteiger partial charge in [0, 0.05) is 16.0 Å². The van der Waals surface area contributed by atoms with Crippen molar-refractivity contribution in [1.29, 1.82) is 0 Å². The summed E-state index contributed by atoms with van der Waals surface area (Å²) in [5.41, 5.74) is 2.84. The van der Waals surface area contributed by atoms with Gasteiger partial charge in [0.25, 0.3) is 5.91 Å². The van der Waals surface area contributed by atoms with E-state index in [0.29, 0.717) is 27.0 Å². The maximum absolute atomic E-state index is 13.2. The quantitative estimate of drug-likeness (QED) is 0.179. The van der Waals surface area contributed by atoms with Gasteiger partial charge in [-0.25, -0.2) is 4.79 Å². The fraction of sp³-hybridized carbons (Fsp3) is 0.241. The summed E-state index contributed by atoms with van der Waals surface area (Å²) in [5.74, 6) is -1.24. The van der Waals surface area contributed by atoms with Crippen LogP contribution in [0.4, 0.5) is 16.4 Å². The molecule has 4 aromatic rings. The van der Waals surface area contributed by atoms with E-state index in [-0.39, 0.29) is 30.2 Å². The lowest BCUT2D eigenvalue weighted by molar-refractivity contribution is 0.0526. The first-order chi connectivity index (χ1) is 18.5. The van der Waals surface area contributed by atoms with Crippen LogP contribution in [0.2, 0.25) is 0 Å². The Morgan fingerprint density at radius 1 is 1.05 bits per heavy atom. The molecule has 3 aromatic carbocycles. The number of fused-ring (bicyclic) bond motifs is 2. The van der Waals surface area contributed by atoms with Gasteiger partial charge in [0.1, 0.15) is 11.3 Å². The van der Waals surface area contributed by atoms with Gasteiger partial charge in [0.15, 0.2) is 10.8 Å². The van der Waals surface area contributed by atoms with Crippen molar-refractivity contribution in [2.45, 2.75) is 39.2 Å². The maximum Gasteiger partial charge on any atom is 0.341 e. The minimum atomic E-state index is -0.514. The first-order valence-electron chi connectivity index (χ1n) is 12.5. The Labute approximate surface area is 223 Å². The number of phenolic OH excluding ortho intramolecular Hbond substituents is 1. The Morgan fingerprint density at radius 3 is 2.58 bits per heavy atom. The van der Waals surface area contributed by atoms with Crippen molar-refractivity contribution in [2.75, 3.05) is 11.9 Å². The molecular weight excluding hydrogens is 502 g/mol. The number of phenols is 1. The average molecular weight is 530 g/mol. The highest BCUT2D eigenvalue weighted by Gasteiger charge is 2.27. The molecule has 0 aliphatic heterocycles. The van der Waals surface area contributed by atoms with Gasteiger partial charge in [-0.05, 0) is 67.3 Å². The number of nitrogens with one attached hydrogen (secondary N) is 1. The summed E-state index contributed by atoms with van der Waals surface area (Å²) in [4.78, 5) is 27.1. The van der Waals surface area contributed by atoms with Crippen LogP contribution in [-0.2, 0) is 24.2 Å². The summed E-state index contributed by atoms with van der Waals surface area (Å²) >= 11 is 1.42. The van der Waals surface area contributed by atoms with Crippen LogP contribution in [0.3, 0.4) is 0 Å². The number of carbonyl (C=O) groups is 2. The lowest BCUT2D eigenvalue weighted by atomic mass is 9.95. The number of ether oxygens (including phenoxy) is 1. The van der Waals surface area contributed by atoms with Crippen molar-refractivity contribution >= 4 is 50.4 Å². The molecule has 0 bridgehead atoms. The number of hydrogen-bond donors (Lipinski definition) is 3. The zero-order chi connectivity index (χ0) is 26.6. The number of carbonyl (C=O) groups excluding carboxylic acids is 2. The second kappa shape index (κ2) is 11.1. The van der Waals surface area contributed by atoms with E-state index in [9.17, 15) is 19.8 Å². The summed E-state index contributed by atoms with van der Waals surface area (Å²) in [7, 11) is 0. The molecule has 1 heterocycles. The number of anilines is 1. The molecule has 0 saturated carbocycles. The Bertz CT molecular complexity index is 1540. The third-order valence-electron chi connectivity index (χ3n) is 6.51. The number of azo groups is 1. The van der Waals surface area contributed by atoms with Gasteiger partial charge in [-0.3, -0.25) is 4.79 Å². The number of aliphatic hydroxyl groups excluding tert-OH is 1. The van der Waals surface area contributed by atoms with Gasteiger partial charge < -0.3 is 20.3 Å². The zero-order valence-corrected chi connectivity index (χ0v) is 21.7. The monoisotopic (exact) mass is 529 g/mol. The minimum Gasteiger partial charge on any atom is -0.505 e. The van der Waals surface area contributed by atoms with Crippen molar-refractivity contribution in [1.82, 2.24) is 0 Å². The molecule has 1 aromatic heterocycles. The standard InChI is InChI=1S/C29H27N3O5S/c1-2-37-29(36)24-21-9-5-6-10-23(21)38-28(24)32-31-25-20-8-4-3-7-18(20)15-22(26(25)34)27(35)30-19-13-11-17(16-33)12-14-19/h3-4,7-8,11-15,33-34H,2,5-6,9-10,16H2,1H3,(H,30,35)/b32-31+. The summed E-state index contributed by atoms with van der Waals surface area (Å²) < 4.78 is 5.31. The van der Waals surface area contributed by atoms with Gasteiger partial charge >= 0.3 is 5.97 Å². The molecule has 0 fully saturated rings. The third-order valence-corrected chi connectivity index (χ3v) is 7.68. The predicted octanol–water partition coefficient (Wildman–Crippen LogP) is 6.82. The van der Waals surface area contributed by atoms with Gasteiger partial charge in [-0.2, -0.15) is 0 Å². The number of nitrogens with zero attached hydrogens (tertiary/aromatic N) is 2. The molecular formula is C29H27N3O5S. The number of aromatic hydroxyl groups is 1. The molecule has 0 spiro atoms. The molecule has 5 rings (SSSR count). The summed E-state index contributed by atoms with van der Waals surface area (Å²) in [6.45, 7) is 1.92. The SMILES string of the molecule is CCOC(=O)c1c(/N=N/c2c(O)c(C(=O)Nc3ccc(CO)cc3)cc3ccccc23)sc2c1CCCC2. The van der Waals surface area contributed by atoms with Crippen LogP contribution in [-0.4, -0.2) is 28.7 Å². The topological polar surface area (TPSA) is 121 Å². The number of thiophene rings is 1. The van der Waals surface area contributed by atoms with Crippen molar-refractivity contribution in [2.24, 2.45) is 10.2 Å². The Balaban J connectivity index is 1.55. The highest BCUT2D eigenvalue weighted by Crippen LogP contribution is 2.43. The van der Waals surface area contributed by atoms with Crippen LogP contribution < -0.4 is 5.32 Å².